The first-order valence-electron chi connectivity index (χ1n) is 8.37. The van der Waals surface area contributed by atoms with Crippen LogP contribution in [0.2, 0.25) is 5.02 Å². The minimum absolute atomic E-state index is 0.0176. The number of rotatable bonds is 6. The smallest absolute Gasteiger partial charge is 0.264 e. The molecule has 0 aliphatic rings. The number of nitrogens with one attached hydrogen (secondary N) is 1. The zero-order chi connectivity index (χ0) is 20.3. The van der Waals surface area contributed by atoms with Crippen LogP contribution in [-0.2, 0) is 23.6 Å². The van der Waals surface area contributed by atoms with Gasteiger partial charge in [-0.1, -0.05) is 23.7 Å². The van der Waals surface area contributed by atoms with E-state index < -0.39 is 10.0 Å². The number of halogens is 1. The van der Waals surface area contributed by atoms with Crippen LogP contribution >= 0.6 is 11.6 Å². The molecule has 1 amide bonds. The molecule has 2 aromatic carbocycles. The fourth-order valence-corrected chi connectivity index (χ4v) is 4.03. The molecular formula is C19H19ClN4O3S. The first-order chi connectivity index (χ1) is 13.3. The Labute approximate surface area is 168 Å². The number of carbonyl (C=O) groups excluding carboxylic acids is 1. The molecule has 0 saturated carbocycles. The van der Waals surface area contributed by atoms with Gasteiger partial charge in [0.15, 0.2) is 0 Å². The number of carbonyl (C=O) groups is 1. The number of aryl methyl sites for hydroxylation is 1. The predicted molar refractivity (Wildman–Crippen MR) is 108 cm³/mol. The number of benzene rings is 2. The van der Waals surface area contributed by atoms with Crippen LogP contribution in [0.25, 0.3) is 0 Å². The number of sulfonamides is 1. The quantitative estimate of drug-likeness (QED) is 0.667. The third-order valence-corrected chi connectivity index (χ3v) is 6.15. The van der Waals surface area contributed by atoms with Crippen LogP contribution in [-0.4, -0.2) is 31.2 Å². The van der Waals surface area contributed by atoms with Gasteiger partial charge in [0.1, 0.15) is 0 Å². The molecule has 0 fully saturated rings. The van der Waals surface area contributed by atoms with Gasteiger partial charge in [0.2, 0.25) is 0 Å². The molecular weight excluding hydrogens is 400 g/mol. The van der Waals surface area contributed by atoms with Gasteiger partial charge in [0.25, 0.3) is 15.9 Å². The van der Waals surface area contributed by atoms with Crippen molar-refractivity contribution in [3.8, 4) is 0 Å². The van der Waals surface area contributed by atoms with Crippen LogP contribution in [0, 0.1) is 0 Å². The Bertz CT molecular complexity index is 1110. The van der Waals surface area contributed by atoms with Crippen molar-refractivity contribution >= 4 is 33.2 Å². The van der Waals surface area contributed by atoms with E-state index in [9.17, 15) is 13.2 Å². The fourth-order valence-electron chi connectivity index (χ4n) is 2.61. The maximum absolute atomic E-state index is 12.9. The molecule has 0 saturated heterocycles. The highest BCUT2D eigenvalue weighted by Gasteiger charge is 2.22. The lowest BCUT2D eigenvalue weighted by molar-refractivity contribution is 0.0950. The molecule has 0 aliphatic heterocycles. The van der Waals surface area contributed by atoms with Gasteiger partial charge >= 0.3 is 0 Å². The molecule has 0 radical (unpaired) electrons. The monoisotopic (exact) mass is 418 g/mol. The van der Waals surface area contributed by atoms with Crippen molar-refractivity contribution in [3.63, 3.8) is 0 Å². The predicted octanol–water partition coefficient (Wildman–Crippen LogP) is 2.83. The average Bonchev–Trinajstić information content (AvgIpc) is 3.10. The van der Waals surface area contributed by atoms with Crippen LogP contribution in [0.1, 0.15) is 15.9 Å². The van der Waals surface area contributed by atoms with Crippen molar-refractivity contribution in [1.29, 1.82) is 0 Å². The van der Waals surface area contributed by atoms with Crippen LogP contribution in [0.4, 0.5) is 5.69 Å². The largest absolute Gasteiger partial charge is 0.348 e. The summed E-state index contributed by atoms with van der Waals surface area (Å²) >= 11 is 5.96. The van der Waals surface area contributed by atoms with E-state index in [1.165, 1.54) is 25.2 Å². The van der Waals surface area contributed by atoms with E-state index >= 15 is 0 Å². The molecule has 9 heteroatoms. The zero-order valence-electron chi connectivity index (χ0n) is 15.3. The SMILES string of the molecule is CN(c1cccc(Cl)c1)S(=O)(=O)c1cccc(C(=O)NCc2cnn(C)c2)c1. The first-order valence-corrected chi connectivity index (χ1v) is 10.2. The Balaban J connectivity index is 1.80. The van der Waals surface area contributed by atoms with E-state index in [2.05, 4.69) is 10.4 Å². The Morgan fingerprint density at radius 1 is 1.21 bits per heavy atom. The maximum Gasteiger partial charge on any atom is 0.264 e. The van der Waals surface area contributed by atoms with Gasteiger partial charge in [0.05, 0.1) is 16.8 Å². The molecule has 1 N–H and O–H groups in total. The van der Waals surface area contributed by atoms with Crippen LogP contribution in [0.15, 0.2) is 65.8 Å². The maximum atomic E-state index is 12.9. The lowest BCUT2D eigenvalue weighted by atomic mass is 10.2. The fraction of sp³-hybridized carbons (Fsp3) is 0.158. The van der Waals surface area contributed by atoms with Crippen molar-refractivity contribution < 1.29 is 13.2 Å². The van der Waals surface area contributed by atoms with E-state index in [0.717, 1.165) is 9.87 Å². The minimum atomic E-state index is -3.85. The van der Waals surface area contributed by atoms with Crippen molar-refractivity contribution in [2.75, 3.05) is 11.4 Å². The average molecular weight is 419 g/mol. The second-order valence-corrected chi connectivity index (χ2v) is 8.59. The molecule has 0 aliphatic carbocycles. The summed E-state index contributed by atoms with van der Waals surface area (Å²) < 4.78 is 28.7. The second kappa shape index (κ2) is 8.04. The van der Waals surface area contributed by atoms with Crippen molar-refractivity contribution in [3.05, 3.63) is 77.1 Å². The highest BCUT2D eigenvalue weighted by atomic mass is 35.5. The Morgan fingerprint density at radius 2 is 1.96 bits per heavy atom. The van der Waals surface area contributed by atoms with E-state index in [1.807, 2.05) is 0 Å². The van der Waals surface area contributed by atoms with E-state index in [-0.39, 0.29) is 16.4 Å². The molecule has 28 heavy (non-hydrogen) atoms. The number of hydrogen-bond donors (Lipinski definition) is 1. The Morgan fingerprint density at radius 3 is 2.64 bits per heavy atom. The summed E-state index contributed by atoms with van der Waals surface area (Å²) in [5, 5.41) is 7.23. The van der Waals surface area contributed by atoms with E-state index in [0.29, 0.717) is 17.3 Å². The van der Waals surface area contributed by atoms with Crippen molar-refractivity contribution in [2.45, 2.75) is 11.4 Å². The first kappa shape index (κ1) is 19.9. The van der Waals surface area contributed by atoms with Gasteiger partial charge in [0, 0.05) is 43.0 Å². The van der Waals surface area contributed by atoms with Gasteiger partial charge in [-0.3, -0.25) is 13.8 Å². The lowest BCUT2D eigenvalue weighted by Crippen LogP contribution is -2.27. The molecule has 3 aromatic rings. The number of anilines is 1. The van der Waals surface area contributed by atoms with Crippen molar-refractivity contribution in [2.24, 2.45) is 7.05 Å². The number of amides is 1. The van der Waals surface area contributed by atoms with Crippen LogP contribution in [0.3, 0.4) is 0 Å². The molecule has 0 bridgehead atoms. The Hall–Kier alpha value is -2.84. The molecule has 0 unspecified atom stereocenters. The number of aromatic nitrogens is 2. The third-order valence-electron chi connectivity index (χ3n) is 4.14. The molecule has 1 aromatic heterocycles. The molecule has 0 spiro atoms. The van der Waals surface area contributed by atoms with Gasteiger partial charge in [-0.15, -0.1) is 0 Å². The van der Waals surface area contributed by atoms with Gasteiger partial charge < -0.3 is 5.32 Å². The summed E-state index contributed by atoms with van der Waals surface area (Å²) in [4.78, 5) is 12.4. The lowest BCUT2D eigenvalue weighted by Gasteiger charge is -2.20. The molecule has 7 nitrogen and oxygen atoms in total. The summed E-state index contributed by atoms with van der Waals surface area (Å²) in [5.74, 6) is -0.369. The second-order valence-electron chi connectivity index (χ2n) is 6.19. The van der Waals surface area contributed by atoms with Gasteiger partial charge in [-0.25, -0.2) is 8.42 Å². The summed E-state index contributed by atoms with van der Waals surface area (Å²) in [6.45, 7) is 0.298. The summed E-state index contributed by atoms with van der Waals surface area (Å²) in [6.07, 6.45) is 3.45. The zero-order valence-corrected chi connectivity index (χ0v) is 16.9. The molecule has 0 atom stereocenters. The highest BCUT2D eigenvalue weighted by Crippen LogP contribution is 2.25. The highest BCUT2D eigenvalue weighted by molar-refractivity contribution is 7.92. The Kier molecular flexibility index (Phi) is 5.71. The van der Waals surface area contributed by atoms with Gasteiger partial charge in [-0.2, -0.15) is 5.10 Å². The topological polar surface area (TPSA) is 84.3 Å². The number of hydrogen-bond acceptors (Lipinski definition) is 4. The van der Waals surface area contributed by atoms with E-state index in [4.69, 9.17) is 11.6 Å². The number of nitrogens with zero attached hydrogens (tertiary/aromatic N) is 3. The summed E-state index contributed by atoms with van der Waals surface area (Å²) in [6, 6.07) is 12.5. The minimum Gasteiger partial charge on any atom is -0.348 e. The van der Waals surface area contributed by atoms with Gasteiger partial charge in [-0.05, 0) is 36.4 Å². The summed E-state index contributed by atoms with van der Waals surface area (Å²) in [7, 11) is -0.619. The van der Waals surface area contributed by atoms with E-state index in [1.54, 1.807) is 54.5 Å². The van der Waals surface area contributed by atoms with Crippen molar-refractivity contribution in [1.82, 2.24) is 15.1 Å². The molecule has 146 valence electrons. The molecule has 3 rings (SSSR count). The van der Waals surface area contributed by atoms with Crippen LogP contribution < -0.4 is 9.62 Å². The normalized spacial score (nSPS) is 11.2. The third kappa shape index (κ3) is 4.35. The summed E-state index contributed by atoms with van der Waals surface area (Å²) in [5.41, 5.74) is 1.53. The standard InChI is InChI=1S/C19H19ClN4O3S/c1-23-13-14(12-22-23)11-21-19(25)15-5-3-8-18(9-15)28(26,27)24(2)17-7-4-6-16(20)10-17/h3-10,12-13H,11H2,1-2H3,(H,21,25). The van der Waals surface area contributed by atoms with Crippen LogP contribution in [0.5, 0.6) is 0 Å². The molecule has 1 heterocycles.